The van der Waals surface area contributed by atoms with Gasteiger partial charge in [0.15, 0.2) is 11.5 Å². The molecule has 3 aromatic carbocycles. The van der Waals surface area contributed by atoms with Gasteiger partial charge in [-0.1, -0.05) is 25.4 Å². The molecule has 2 bridgehead atoms. The molecule has 1 unspecified atom stereocenters. The van der Waals surface area contributed by atoms with Crippen LogP contribution < -0.4 is 30.2 Å². The smallest absolute Gasteiger partial charge is 0.319 e. The maximum absolute atomic E-state index is 13.0. The zero-order valence-electron chi connectivity index (χ0n) is 25.7. The van der Waals surface area contributed by atoms with Crippen molar-refractivity contribution in [3.8, 4) is 23.0 Å². The summed E-state index contributed by atoms with van der Waals surface area (Å²) in [6, 6.07) is 18.4. The van der Waals surface area contributed by atoms with Crippen molar-refractivity contribution in [3.05, 3.63) is 71.2 Å². The summed E-state index contributed by atoms with van der Waals surface area (Å²) in [6.45, 7) is 4.07. The molecule has 3 atom stereocenters. The molecule has 9 nitrogen and oxygen atoms in total. The van der Waals surface area contributed by atoms with Gasteiger partial charge in [-0.15, -0.1) is 0 Å². The molecule has 2 fully saturated rings. The predicted octanol–water partition coefficient (Wildman–Crippen LogP) is 7.71. The molecule has 0 aromatic heterocycles. The number of nitrogens with zero attached hydrogens (tertiary/aromatic N) is 1. The van der Waals surface area contributed by atoms with Gasteiger partial charge >= 0.3 is 6.03 Å². The molecule has 3 amide bonds. The molecule has 44 heavy (non-hydrogen) atoms. The number of fused-ring (bicyclic) bond motifs is 2. The van der Waals surface area contributed by atoms with Gasteiger partial charge in [0.2, 0.25) is 0 Å². The van der Waals surface area contributed by atoms with Crippen LogP contribution in [0.4, 0.5) is 16.2 Å². The summed E-state index contributed by atoms with van der Waals surface area (Å²) < 4.78 is 17.8. The van der Waals surface area contributed by atoms with Crippen molar-refractivity contribution >= 4 is 34.9 Å². The number of urea groups is 1. The Hall–Kier alpha value is -3.95. The van der Waals surface area contributed by atoms with Crippen molar-refractivity contribution in [1.29, 1.82) is 0 Å². The summed E-state index contributed by atoms with van der Waals surface area (Å²) in [7, 11) is 3.74. The molecule has 3 aromatic rings. The Balaban J connectivity index is 1.16. The van der Waals surface area contributed by atoms with Crippen LogP contribution in [0.5, 0.6) is 23.0 Å². The lowest BCUT2D eigenvalue weighted by Crippen LogP contribution is -2.43. The van der Waals surface area contributed by atoms with E-state index in [1.165, 1.54) is 20.0 Å². The Kier molecular flexibility index (Phi) is 10.2. The highest BCUT2D eigenvalue weighted by Crippen LogP contribution is 2.37. The van der Waals surface area contributed by atoms with Crippen LogP contribution in [0.15, 0.2) is 60.7 Å². The molecule has 0 aliphatic carbocycles. The quantitative estimate of drug-likeness (QED) is 0.203. The third-order valence-electron chi connectivity index (χ3n) is 8.63. The summed E-state index contributed by atoms with van der Waals surface area (Å²) in [5.41, 5.74) is 1.55. The molecule has 5 rings (SSSR count). The number of carbonyl (C=O) groups is 2. The van der Waals surface area contributed by atoms with E-state index in [1.54, 1.807) is 54.6 Å². The predicted molar refractivity (Wildman–Crippen MR) is 174 cm³/mol. The number of methoxy groups -OCH3 is 1. The van der Waals surface area contributed by atoms with Crippen LogP contribution in [0.2, 0.25) is 5.02 Å². The number of ether oxygens (including phenoxy) is 3. The van der Waals surface area contributed by atoms with E-state index in [0.29, 0.717) is 57.0 Å². The molecule has 2 aliphatic heterocycles. The summed E-state index contributed by atoms with van der Waals surface area (Å²) in [6.07, 6.45) is 6.37. The fraction of sp³-hybridized carbons (Fsp3) is 0.412. The lowest BCUT2D eigenvalue weighted by atomic mass is 10.0. The maximum Gasteiger partial charge on any atom is 0.319 e. The maximum atomic E-state index is 13.0. The first-order valence-electron chi connectivity index (χ1n) is 15.3. The average Bonchev–Trinajstić information content (AvgIpc) is 3.20. The van der Waals surface area contributed by atoms with Gasteiger partial charge < -0.3 is 35.1 Å². The van der Waals surface area contributed by atoms with Crippen molar-refractivity contribution in [2.75, 3.05) is 24.8 Å². The topological polar surface area (TPSA) is 101 Å². The van der Waals surface area contributed by atoms with E-state index in [4.69, 9.17) is 25.8 Å². The van der Waals surface area contributed by atoms with Crippen molar-refractivity contribution in [2.24, 2.45) is 0 Å². The van der Waals surface area contributed by atoms with E-state index in [9.17, 15) is 9.59 Å². The molecule has 10 heteroatoms. The summed E-state index contributed by atoms with van der Waals surface area (Å²) in [4.78, 5) is 27.8. The number of halogens is 1. The zero-order chi connectivity index (χ0) is 31.2. The van der Waals surface area contributed by atoms with Crippen LogP contribution in [0.25, 0.3) is 0 Å². The fourth-order valence-electron chi connectivity index (χ4n) is 6.01. The van der Waals surface area contributed by atoms with Crippen molar-refractivity contribution < 1.29 is 23.8 Å². The molecule has 0 spiro atoms. The van der Waals surface area contributed by atoms with Crippen LogP contribution in [0.3, 0.4) is 0 Å². The fourth-order valence-corrected chi connectivity index (χ4v) is 6.27. The molecule has 2 saturated heterocycles. The van der Waals surface area contributed by atoms with Crippen molar-refractivity contribution in [1.82, 2.24) is 10.2 Å². The molecule has 2 aliphatic rings. The Morgan fingerprint density at radius 2 is 1.55 bits per heavy atom. The number of carbonyl (C=O) groups excluding carboxylic acids is 2. The third-order valence-corrected chi connectivity index (χ3v) is 8.94. The highest BCUT2D eigenvalue weighted by atomic mass is 35.5. The summed E-state index contributed by atoms with van der Waals surface area (Å²) in [5, 5.41) is 9.01. The first-order valence-corrected chi connectivity index (χ1v) is 15.7. The van der Waals surface area contributed by atoms with Gasteiger partial charge in [-0.3, -0.25) is 4.79 Å². The molecule has 0 saturated carbocycles. The summed E-state index contributed by atoms with van der Waals surface area (Å²) >= 11 is 6.51. The lowest BCUT2D eigenvalue weighted by molar-refractivity contribution is 0.0662. The van der Waals surface area contributed by atoms with E-state index in [2.05, 4.69) is 27.9 Å². The van der Waals surface area contributed by atoms with Gasteiger partial charge in [-0.2, -0.15) is 0 Å². The number of benzene rings is 3. The van der Waals surface area contributed by atoms with E-state index in [-0.39, 0.29) is 24.1 Å². The molecule has 234 valence electrons. The van der Waals surface area contributed by atoms with Crippen molar-refractivity contribution in [3.63, 3.8) is 0 Å². The van der Waals surface area contributed by atoms with Crippen LogP contribution in [0, 0.1) is 0 Å². The van der Waals surface area contributed by atoms with Gasteiger partial charge in [-0.05, 0) is 100 Å². The average molecular weight is 621 g/mol. The molecule has 3 N–H and O–H groups in total. The zero-order valence-corrected chi connectivity index (χ0v) is 26.4. The van der Waals surface area contributed by atoms with Gasteiger partial charge in [-0.25, -0.2) is 4.79 Å². The van der Waals surface area contributed by atoms with Crippen molar-refractivity contribution in [2.45, 2.75) is 76.6 Å². The Morgan fingerprint density at radius 3 is 2.18 bits per heavy atom. The highest BCUT2D eigenvalue weighted by Gasteiger charge is 2.39. The first kappa shape index (κ1) is 31.5. The molecule has 0 radical (unpaired) electrons. The SMILES string of the molecule is CCC(CC)NC(=O)Nc1ccc(Oc2ccc(NC(=O)c3ccc(OC4C[C@H]5CC[C@@H](C4)N5C)cc3Cl)cc2)c(OC)c1. The number of anilines is 2. The number of hydrogen-bond donors (Lipinski definition) is 3. The number of rotatable bonds is 11. The molecular weight excluding hydrogens is 580 g/mol. The second-order valence-electron chi connectivity index (χ2n) is 11.5. The largest absolute Gasteiger partial charge is 0.493 e. The third kappa shape index (κ3) is 7.57. The Bertz CT molecular complexity index is 1450. The number of nitrogens with one attached hydrogen (secondary N) is 3. The van der Waals surface area contributed by atoms with E-state index in [0.717, 1.165) is 25.7 Å². The molecule has 2 heterocycles. The van der Waals surface area contributed by atoms with Crippen LogP contribution in [-0.4, -0.2) is 55.2 Å². The van der Waals surface area contributed by atoms with Crippen LogP contribution in [-0.2, 0) is 0 Å². The van der Waals surface area contributed by atoms with Gasteiger partial charge in [0.05, 0.1) is 17.7 Å². The van der Waals surface area contributed by atoms with E-state index in [1.807, 2.05) is 19.9 Å². The monoisotopic (exact) mass is 620 g/mol. The van der Waals surface area contributed by atoms with E-state index >= 15 is 0 Å². The minimum Gasteiger partial charge on any atom is -0.493 e. The van der Waals surface area contributed by atoms with E-state index < -0.39 is 0 Å². The number of piperidine rings is 1. The summed E-state index contributed by atoms with van der Waals surface area (Å²) in [5.74, 6) is 1.87. The second kappa shape index (κ2) is 14.2. The normalized spacial score (nSPS) is 19.4. The standard InChI is InChI=1S/C34H41ClN4O5/c1-5-21(6-2)37-34(41)38-23-9-16-31(32(17-23)42-4)44-26-12-7-22(8-13-26)36-33(40)29-15-14-27(20-30(29)35)43-28-18-24-10-11-25(19-28)39(24)3/h7-9,12-17,20-21,24-25,28H,5-6,10-11,18-19H2,1-4H3,(H,36,40)(H2,37,38,41)/t24-,25+,28?. The number of amides is 3. The van der Waals surface area contributed by atoms with Gasteiger partial charge in [0, 0.05) is 35.6 Å². The second-order valence-corrected chi connectivity index (χ2v) is 11.9. The van der Waals surface area contributed by atoms with Crippen LogP contribution in [0.1, 0.15) is 62.7 Å². The Morgan fingerprint density at radius 1 is 0.886 bits per heavy atom. The molecular formula is C34H41ClN4O5. The Labute approximate surface area is 264 Å². The van der Waals surface area contributed by atoms with Gasteiger partial charge in [0.25, 0.3) is 5.91 Å². The highest BCUT2D eigenvalue weighted by molar-refractivity contribution is 6.34. The first-order chi connectivity index (χ1) is 21.3. The number of hydrogen-bond acceptors (Lipinski definition) is 6. The van der Waals surface area contributed by atoms with Crippen LogP contribution >= 0.6 is 11.6 Å². The van der Waals surface area contributed by atoms with Gasteiger partial charge in [0.1, 0.15) is 17.6 Å². The minimum absolute atomic E-state index is 0.119. The minimum atomic E-state index is -0.314. The lowest BCUT2D eigenvalue weighted by Gasteiger charge is -2.36.